The molecule has 2 aromatic carbocycles. The number of halogens is 2. The molecule has 0 atom stereocenters. The Morgan fingerprint density at radius 2 is 1.73 bits per heavy atom. The van der Waals surface area contributed by atoms with Crippen molar-refractivity contribution in [2.75, 3.05) is 0 Å². The Labute approximate surface area is 127 Å². The van der Waals surface area contributed by atoms with Gasteiger partial charge in [0, 0.05) is 24.9 Å². The molecule has 0 fully saturated rings. The number of benzene rings is 2. The van der Waals surface area contributed by atoms with E-state index in [-0.39, 0.29) is 5.75 Å². The fraction of sp³-hybridized carbons (Fsp3) is 0.167. The third-order valence-corrected chi connectivity index (χ3v) is 3.35. The molecule has 1 aromatic heterocycles. The van der Waals surface area contributed by atoms with Crippen molar-refractivity contribution in [1.29, 1.82) is 0 Å². The zero-order valence-electron chi connectivity index (χ0n) is 12.1. The van der Waals surface area contributed by atoms with Crippen molar-refractivity contribution < 1.29 is 13.5 Å². The van der Waals surface area contributed by atoms with E-state index in [2.05, 4.69) is 9.72 Å². The van der Waals surface area contributed by atoms with E-state index in [1.807, 2.05) is 30.3 Å². The quantitative estimate of drug-likeness (QED) is 0.689. The molecule has 0 unspecified atom stereocenters. The summed E-state index contributed by atoms with van der Waals surface area (Å²) in [5.41, 5.74) is 1.96. The van der Waals surface area contributed by atoms with E-state index in [1.165, 1.54) is 0 Å². The van der Waals surface area contributed by atoms with Gasteiger partial charge in [0.1, 0.15) is 5.75 Å². The van der Waals surface area contributed by atoms with E-state index in [4.69, 9.17) is 0 Å². The number of ether oxygens (including phenoxy) is 1. The highest BCUT2D eigenvalue weighted by Gasteiger charge is 2.22. The smallest absolute Gasteiger partial charge is 0.394 e. The van der Waals surface area contributed by atoms with Gasteiger partial charge in [0.05, 0.1) is 5.69 Å². The lowest BCUT2D eigenvalue weighted by atomic mass is 10.0. The Morgan fingerprint density at radius 3 is 2.45 bits per heavy atom. The van der Waals surface area contributed by atoms with Gasteiger partial charge >= 0.3 is 6.11 Å². The third-order valence-electron chi connectivity index (χ3n) is 3.35. The zero-order valence-corrected chi connectivity index (χ0v) is 12.1. The van der Waals surface area contributed by atoms with Crippen LogP contribution in [0.4, 0.5) is 8.78 Å². The monoisotopic (exact) mass is 299 g/mol. The summed E-state index contributed by atoms with van der Waals surface area (Å²) in [4.78, 5) is 4.43. The van der Waals surface area contributed by atoms with Crippen LogP contribution >= 0.6 is 0 Å². The van der Waals surface area contributed by atoms with E-state index >= 15 is 0 Å². The molecule has 0 saturated carbocycles. The Hall–Kier alpha value is -2.49. The molecule has 0 aliphatic rings. The standard InChI is InChI=1S/C18H15F2NO/c1-18(19,20)22-15-8-6-13(7-9-15)12-17-16-5-3-2-4-14(16)10-11-21-17/h2-11H,12H2,1H3. The number of fused-ring (bicyclic) bond motifs is 1. The summed E-state index contributed by atoms with van der Waals surface area (Å²) >= 11 is 0. The topological polar surface area (TPSA) is 22.1 Å². The SMILES string of the molecule is CC(F)(F)Oc1ccc(Cc2nccc3ccccc23)cc1. The Kier molecular flexibility index (Phi) is 3.75. The van der Waals surface area contributed by atoms with E-state index in [1.54, 1.807) is 30.5 Å². The fourth-order valence-electron chi connectivity index (χ4n) is 2.40. The minimum absolute atomic E-state index is 0.155. The van der Waals surface area contributed by atoms with E-state index in [0.717, 1.165) is 29.0 Å². The predicted octanol–water partition coefficient (Wildman–Crippen LogP) is 4.82. The summed E-state index contributed by atoms with van der Waals surface area (Å²) in [5.74, 6) is 0.155. The van der Waals surface area contributed by atoms with Crippen LogP contribution in [0, 0.1) is 0 Å². The van der Waals surface area contributed by atoms with Crippen LogP contribution in [0.25, 0.3) is 10.8 Å². The van der Waals surface area contributed by atoms with Crippen LogP contribution in [0.5, 0.6) is 5.75 Å². The maximum atomic E-state index is 12.8. The largest absolute Gasteiger partial charge is 0.433 e. The van der Waals surface area contributed by atoms with Gasteiger partial charge < -0.3 is 4.74 Å². The number of aromatic nitrogens is 1. The molecule has 0 aliphatic carbocycles. The Morgan fingerprint density at radius 1 is 1.00 bits per heavy atom. The summed E-state index contributed by atoms with van der Waals surface area (Å²) < 4.78 is 30.1. The highest BCUT2D eigenvalue weighted by Crippen LogP contribution is 2.23. The molecule has 0 aliphatic heterocycles. The normalized spacial score (nSPS) is 11.6. The maximum Gasteiger partial charge on any atom is 0.394 e. The molecular formula is C18H15F2NO. The number of hydrogen-bond acceptors (Lipinski definition) is 2. The molecule has 0 saturated heterocycles. The van der Waals surface area contributed by atoms with Crippen LogP contribution in [-0.4, -0.2) is 11.1 Å². The summed E-state index contributed by atoms with van der Waals surface area (Å²) in [6.45, 7) is 0.723. The van der Waals surface area contributed by atoms with E-state index < -0.39 is 6.11 Å². The maximum absolute atomic E-state index is 12.8. The summed E-state index contributed by atoms with van der Waals surface area (Å²) in [6.07, 6.45) is -0.740. The summed E-state index contributed by atoms with van der Waals surface area (Å²) in [5, 5.41) is 2.24. The first-order valence-corrected chi connectivity index (χ1v) is 7.00. The van der Waals surface area contributed by atoms with Crippen molar-refractivity contribution in [3.8, 4) is 5.75 Å². The van der Waals surface area contributed by atoms with Crippen molar-refractivity contribution in [3.63, 3.8) is 0 Å². The second-order valence-electron chi connectivity index (χ2n) is 5.21. The molecule has 22 heavy (non-hydrogen) atoms. The van der Waals surface area contributed by atoms with Gasteiger partial charge in [0.2, 0.25) is 0 Å². The summed E-state index contributed by atoms with van der Waals surface area (Å²) in [7, 11) is 0. The first-order chi connectivity index (χ1) is 10.5. The molecule has 3 aromatic rings. The Bertz CT molecular complexity index is 774. The molecule has 3 rings (SSSR count). The van der Waals surface area contributed by atoms with Crippen LogP contribution in [-0.2, 0) is 6.42 Å². The molecule has 4 heteroatoms. The van der Waals surface area contributed by atoms with Gasteiger partial charge in [-0.3, -0.25) is 4.98 Å². The predicted molar refractivity (Wildman–Crippen MR) is 82.2 cm³/mol. The Balaban J connectivity index is 1.83. The molecule has 1 heterocycles. The van der Waals surface area contributed by atoms with E-state index in [9.17, 15) is 8.78 Å². The first-order valence-electron chi connectivity index (χ1n) is 7.00. The van der Waals surface area contributed by atoms with Gasteiger partial charge in [0.25, 0.3) is 0 Å². The second-order valence-corrected chi connectivity index (χ2v) is 5.21. The number of alkyl halides is 2. The first kappa shape index (κ1) is 14.4. The molecular weight excluding hydrogens is 284 g/mol. The average molecular weight is 299 g/mol. The molecule has 0 radical (unpaired) electrons. The van der Waals surface area contributed by atoms with Crippen LogP contribution in [0.15, 0.2) is 60.8 Å². The molecule has 0 amide bonds. The van der Waals surface area contributed by atoms with Gasteiger partial charge in [0.15, 0.2) is 0 Å². The van der Waals surface area contributed by atoms with Gasteiger partial charge in [-0.25, -0.2) is 0 Å². The fourth-order valence-corrected chi connectivity index (χ4v) is 2.40. The summed E-state index contributed by atoms with van der Waals surface area (Å²) in [6, 6.07) is 16.7. The molecule has 112 valence electrons. The van der Waals surface area contributed by atoms with Gasteiger partial charge in [-0.1, -0.05) is 36.4 Å². The number of nitrogens with zero attached hydrogens (tertiary/aromatic N) is 1. The van der Waals surface area contributed by atoms with Crippen LogP contribution in [0.2, 0.25) is 0 Å². The lowest BCUT2D eigenvalue weighted by Gasteiger charge is -2.13. The zero-order chi connectivity index (χ0) is 15.6. The van der Waals surface area contributed by atoms with Crippen molar-refractivity contribution in [2.24, 2.45) is 0 Å². The number of hydrogen-bond donors (Lipinski definition) is 0. The number of rotatable bonds is 4. The molecule has 0 N–H and O–H groups in total. The van der Waals surface area contributed by atoms with Crippen molar-refractivity contribution in [3.05, 3.63) is 72.1 Å². The van der Waals surface area contributed by atoms with Crippen molar-refractivity contribution in [2.45, 2.75) is 19.5 Å². The van der Waals surface area contributed by atoms with Gasteiger partial charge in [-0.2, -0.15) is 8.78 Å². The molecule has 0 spiro atoms. The van der Waals surface area contributed by atoms with Gasteiger partial charge in [-0.05, 0) is 29.1 Å². The lowest BCUT2D eigenvalue weighted by molar-refractivity contribution is -0.158. The minimum Gasteiger partial charge on any atom is -0.433 e. The molecule has 0 bridgehead atoms. The lowest BCUT2D eigenvalue weighted by Crippen LogP contribution is -2.18. The molecule has 2 nitrogen and oxygen atoms in total. The third kappa shape index (κ3) is 3.39. The van der Waals surface area contributed by atoms with Crippen molar-refractivity contribution >= 4 is 10.8 Å². The van der Waals surface area contributed by atoms with Gasteiger partial charge in [-0.15, -0.1) is 0 Å². The van der Waals surface area contributed by atoms with E-state index in [0.29, 0.717) is 6.42 Å². The minimum atomic E-state index is -3.17. The number of pyridine rings is 1. The highest BCUT2D eigenvalue weighted by atomic mass is 19.3. The van der Waals surface area contributed by atoms with Crippen molar-refractivity contribution in [1.82, 2.24) is 4.98 Å². The van der Waals surface area contributed by atoms with Crippen LogP contribution < -0.4 is 4.74 Å². The highest BCUT2D eigenvalue weighted by molar-refractivity contribution is 5.84. The van der Waals surface area contributed by atoms with Crippen LogP contribution in [0.1, 0.15) is 18.2 Å². The van der Waals surface area contributed by atoms with Crippen LogP contribution in [0.3, 0.4) is 0 Å². The second kappa shape index (κ2) is 5.72. The average Bonchev–Trinajstić information content (AvgIpc) is 2.48.